The fraction of sp³-hybridized carbons (Fsp3) is 0.120. The third kappa shape index (κ3) is 3.64. The summed E-state index contributed by atoms with van der Waals surface area (Å²) in [5, 5.41) is 7.56. The van der Waals surface area contributed by atoms with E-state index in [1.54, 1.807) is 25.5 Å². The highest BCUT2D eigenvalue weighted by Gasteiger charge is 2.18. The van der Waals surface area contributed by atoms with Crippen molar-refractivity contribution < 1.29 is 4.79 Å². The molecule has 172 valence electrons. The maximum absolute atomic E-state index is 11.8. The maximum Gasteiger partial charge on any atom is 0.169 e. The van der Waals surface area contributed by atoms with E-state index in [-0.39, 0.29) is 5.78 Å². The molecule has 10 heteroatoms. The van der Waals surface area contributed by atoms with Crippen LogP contribution < -0.4 is 4.90 Å². The van der Waals surface area contributed by atoms with Crippen molar-refractivity contribution in [1.82, 2.24) is 35.1 Å². The highest BCUT2D eigenvalue weighted by Crippen LogP contribution is 2.34. The number of aromatic amines is 2. The molecular weight excluding hydrogens is 460 g/mol. The first-order chi connectivity index (χ1) is 17.0. The maximum atomic E-state index is 11.8. The van der Waals surface area contributed by atoms with Crippen LogP contribution in [0, 0.1) is 0 Å². The molecule has 6 rings (SSSR count). The first-order valence-electron chi connectivity index (χ1n) is 10.9. The number of carbonyl (C=O) groups excluding carboxylic acids is 1. The summed E-state index contributed by atoms with van der Waals surface area (Å²) in [5.74, 6) is 0.633. The third-order valence-corrected chi connectivity index (χ3v) is 7.00. The molecule has 0 spiro atoms. The van der Waals surface area contributed by atoms with Crippen LogP contribution in [0.15, 0.2) is 55.1 Å². The van der Waals surface area contributed by atoms with Gasteiger partial charge in [-0.2, -0.15) is 5.10 Å². The highest BCUT2D eigenvalue weighted by molar-refractivity contribution is 7.17. The number of thiophene rings is 1. The number of rotatable bonds is 5. The molecule has 0 saturated heterocycles. The van der Waals surface area contributed by atoms with Crippen molar-refractivity contribution >= 4 is 44.9 Å². The van der Waals surface area contributed by atoms with Crippen LogP contribution in [0.25, 0.3) is 55.3 Å². The van der Waals surface area contributed by atoms with Gasteiger partial charge in [-0.25, -0.2) is 9.97 Å². The lowest BCUT2D eigenvalue weighted by Crippen LogP contribution is -2.08. The number of hydrogen-bond donors (Lipinski definition) is 2. The van der Waals surface area contributed by atoms with E-state index in [4.69, 9.17) is 9.97 Å². The van der Waals surface area contributed by atoms with Crippen molar-refractivity contribution in [3.8, 4) is 33.2 Å². The van der Waals surface area contributed by atoms with Gasteiger partial charge in [0, 0.05) is 42.5 Å². The summed E-state index contributed by atoms with van der Waals surface area (Å²) in [4.78, 5) is 37.2. The Kier molecular flexibility index (Phi) is 4.89. The van der Waals surface area contributed by atoms with Crippen LogP contribution in [0.5, 0.6) is 0 Å². The number of hydrogen-bond acceptors (Lipinski definition) is 8. The predicted octanol–water partition coefficient (Wildman–Crippen LogP) is 4.96. The summed E-state index contributed by atoms with van der Waals surface area (Å²) < 4.78 is 0. The van der Waals surface area contributed by atoms with Crippen LogP contribution in [-0.4, -0.2) is 55.0 Å². The predicted molar refractivity (Wildman–Crippen MR) is 138 cm³/mol. The monoisotopic (exact) mass is 480 g/mol. The van der Waals surface area contributed by atoms with Crippen molar-refractivity contribution in [3.63, 3.8) is 0 Å². The molecule has 9 nitrogen and oxygen atoms in total. The number of H-pyrrole nitrogens is 2. The zero-order chi connectivity index (χ0) is 24.1. The molecule has 0 aliphatic carbocycles. The van der Waals surface area contributed by atoms with E-state index in [0.29, 0.717) is 21.9 Å². The summed E-state index contributed by atoms with van der Waals surface area (Å²) in [7, 11) is 3.96. The molecule has 0 unspecified atom stereocenters. The Morgan fingerprint density at radius 2 is 1.80 bits per heavy atom. The molecule has 0 aliphatic rings. The average Bonchev–Trinajstić information content (AvgIpc) is 3.61. The molecule has 0 saturated carbocycles. The fourth-order valence-corrected chi connectivity index (χ4v) is 4.85. The number of nitrogens with zero attached hydrogens (tertiary/aromatic N) is 6. The quantitative estimate of drug-likeness (QED) is 0.335. The normalized spacial score (nSPS) is 11.4. The lowest BCUT2D eigenvalue weighted by Gasteiger charge is -2.12. The van der Waals surface area contributed by atoms with E-state index in [2.05, 4.69) is 31.2 Å². The number of aromatic nitrogens is 7. The van der Waals surface area contributed by atoms with Crippen molar-refractivity contribution in [3.05, 3.63) is 60.0 Å². The molecule has 2 N–H and O–H groups in total. The van der Waals surface area contributed by atoms with Gasteiger partial charge in [0.15, 0.2) is 17.3 Å². The van der Waals surface area contributed by atoms with Gasteiger partial charge in [0.25, 0.3) is 0 Å². The summed E-state index contributed by atoms with van der Waals surface area (Å²) in [5.41, 5.74) is 7.26. The van der Waals surface area contributed by atoms with Crippen LogP contribution in [-0.2, 0) is 0 Å². The molecule has 0 bridgehead atoms. The lowest BCUT2D eigenvalue weighted by molar-refractivity contribution is 0.102. The molecule has 0 aliphatic heterocycles. The Morgan fingerprint density at radius 3 is 2.60 bits per heavy atom. The van der Waals surface area contributed by atoms with Crippen LogP contribution >= 0.6 is 11.3 Å². The number of anilines is 1. The summed E-state index contributed by atoms with van der Waals surface area (Å²) in [6.45, 7) is 1.57. The average molecular weight is 481 g/mol. The van der Waals surface area contributed by atoms with Crippen molar-refractivity contribution in [1.29, 1.82) is 0 Å². The molecule has 6 heterocycles. The molecule has 0 radical (unpaired) electrons. The van der Waals surface area contributed by atoms with Crippen LogP contribution in [0.1, 0.15) is 16.6 Å². The molecule has 6 aromatic heterocycles. The Labute approximate surface area is 203 Å². The minimum Gasteiger partial charge on any atom is -0.376 e. The Hall–Kier alpha value is -4.44. The van der Waals surface area contributed by atoms with Crippen molar-refractivity contribution in [2.75, 3.05) is 19.0 Å². The van der Waals surface area contributed by atoms with Gasteiger partial charge in [-0.15, -0.1) is 11.3 Å². The SMILES string of the molecule is CC(=O)c1ccc(-c2cncc3[nH]c(-c4n[nH]c5ccc(-c6cncc(N(C)C)c6)nc45)nc23)s1. The van der Waals surface area contributed by atoms with Gasteiger partial charge in [-0.3, -0.25) is 19.9 Å². The summed E-state index contributed by atoms with van der Waals surface area (Å²) in [6, 6.07) is 9.73. The molecule has 0 atom stereocenters. The Balaban J connectivity index is 1.46. The van der Waals surface area contributed by atoms with E-state index in [1.807, 2.05) is 49.5 Å². The molecular formula is C25H20N8OS. The first-order valence-corrected chi connectivity index (χ1v) is 11.7. The molecule has 0 aromatic carbocycles. The minimum absolute atomic E-state index is 0.0419. The van der Waals surface area contributed by atoms with E-state index < -0.39 is 0 Å². The van der Waals surface area contributed by atoms with Gasteiger partial charge < -0.3 is 9.88 Å². The molecule has 0 fully saturated rings. The zero-order valence-corrected chi connectivity index (χ0v) is 20.0. The van der Waals surface area contributed by atoms with Crippen molar-refractivity contribution in [2.24, 2.45) is 0 Å². The Bertz CT molecular complexity index is 1730. The second-order valence-corrected chi connectivity index (χ2v) is 9.46. The highest BCUT2D eigenvalue weighted by atomic mass is 32.1. The number of ketones is 1. The van der Waals surface area contributed by atoms with Crippen molar-refractivity contribution in [2.45, 2.75) is 6.92 Å². The second kappa shape index (κ2) is 8.10. The summed E-state index contributed by atoms with van der Waals surface area (Å²) in [6.07, 6.45) is 7.13. The third-order valence-electron chi connectivity index (χ3n) is 5.78. The van der Waals surface area contributed by atoms with E-state index in [1.165, 1.54) is 11.3 Å². The van der Waals surface area contributed by atoms with Crippen LogP contribution in [0.2, 0.25) is 0 Å². The van der Waals surface area contributed by atoms with Gasteiger partial charge in [0.2, 0.25) is 0 Å². The second-order valence-electron chi connectivity index (χ2n) is 8.38. The lowest BCUT2D eigenvalue weighted by atomic mass is 10.1. The first kappa shape index (κ1) is 21.1. The van der Waals surface area contributed by atoms with E-state index >= 15 is 0 Å². The molecule has 6 aromatic rings. The van der Waals surface area contributed by atoms with Gasteiger partial charge in [0.1, 0.15) is 11.0 Å². The number of fused-ring (bicyclic) bond motifs is 2. The number of pyridine rings is 3. The Morgan fingerprint density at radius 1 is 0.943 bits per heavy atom. The number of nitrogens with one attached hydrogen (secondary N) is 2. The number of carbonyl (C=O) groups is 1. The minimum atomic E-state index is 0.0419. The summed E-state index contributed by atoms with van der Waals surface area (Å²) >= 11 is 1.43. The molecule has 35 heavy (non-hydrogen) atoms. The van der Waals surface area contributed by atoms with Gasteiger partial charge in [-0.05, 0) is 37.3 Å². The van der Waals surface area contributed by atoms with E-state index in [0.717, 1.165) is 43.9 Å². The van der Waals surface area contributed by atoms with E-state index in [9.17, 15) is 4.79 Å². The number of Topliss-reactive ketones (excluding diaryl/α,β-unsaturated/α-hetero) is 1. The van der Waals surface area contributed by atoms with Gasteiger partial charge >= 0.3 is 0 Å². The topological polar surface area (TPSA) is 116 Å². The van der Waals surface area contributed by atoms with Gasteiger partial charge in [-0.1, -0.05) is 0 Å². The molecule has 0 amide bonds. The zero-order valence-electron chi connectivity index (χ0n) is 19.2. The smallest absolute Gasteiger partial charge is 0.169 e. The fourth-order valence-electron chi connectivity index (χ4n) is 3.93. The largest absolute Gasteiger partial charge is 0.376 e. The van der Waals surface area contributed by atoms with Crippen LogP contribution in [0.3, 0.4) is 0 Å². The number of imidazole rings is 1. The van der Waals surface area contributed by atoms with Gasteiger partial charge in [0.05, 0.1) is 39.7 Å². The standard InChI is InChI=1S/C25H20N8OS/c1-13(34)20-6-7-21(35-20)16-11-27-12-19-22(16)30-25(29-19)24-23-18(31-32-24)5-4-17(28-23)14-8-15(33(2)3)10-26-9-14/h4-12H,1-3H3,(H,29,30)(H,31,32). The van der Waals surface area contributed by atoms with Crippen LogP contribution in [0.4, 0.5) is 5.69 Å².